The lowest BCUT2D eigenvalue weighted by atomic mass is 10.1. The molecule has 0 fully saturated rings. The third-order valence-corrected chi connectivity index (χ3v) is 5.85. The zero-order valence-electron chi connectivity index (χ0n) is 17.2. The van der Waals surface area contributed by atoms with E-state index >= 15 is 0 Å². The molecule has 0 N–H and O–H groups in total. The lowest BCUT2D eigenvalue weighted by Gasteiger charge is -2.21. The predicted octanol–water partition coefficient (Wildman–Crippen LogP) is 4.52. The van der Waals surface area contributed by atoms with Gasteiger partial charge in [-0.1, -0.05) is 35.1 Å². The molecule has 0 bridgehead atoms. The van der Waals surface area contributed by atoms with E-state index in [-0.39, 0.29) is 5.91 Å². The van der Waals surface area contributed by atoms with Gasteiger partial charge in [0.15, 0.2) is 5.13 Å². The van der Waals surface area contributed by atoms with Gasteiger partial charge in [0.05, 0.1) is 11.8 Å². The number of rotatable bonds is 7. The minimum Gasteiger partial charge on any atom is -0.494 e. The Morgan fingerprint density at radius 1 is 1.14 bits per heavy atom. The van der Waals surface area contributed by atoms with Gasteiger partial charge in [-0.3, -0.25) is 9.69 Å². The number of nitrogens with zero attached hydrogens (tertiary/aromatic N) is 3. The Morgan fingerprint density at radius 3 is 2.61 bits per heavy atom. The van der Waals surface area contributed by atoms with E-state index in [1.807, 2.05) is 62.3 Å². The van der Waals surface area contributed by atoms with Crippen LogP contribution in [0.25, 0.3) is 10.2 Å². The van der Waals surface area contributed by atoms with Crippen LogP contribution >= 0.6 is 11.3 Å². The first kappa shape index (κ1) is 20.3. The fraction of sp³-hybridized carbons (Fsp3) is 0.364. The molecule has 0 spiro atoms. The highest BCUT2D eigenvalue weighted by molar-refractivity contribution is 7.22. The number of carbonyl (C=O) groups is 1. The van der Waals surface area contributed by atoms with Crippen LogP contribution in [0.4, 0.5) is 5.13 Å². The topological polar surface area (TPSA) is 45.7 Å². The monoisotopic (exact) mass is 397 g/mol. The largest absolute Gasteiger partial charge is 0.494 e. The molecule has 0 aliphatic carbocycles. The number of hydrogen-bond donors (Lipinski definition) is 0. The Labute approximate surface area is 170 Å². The molecule has 3 rings (SSSR count). The smallest absolute Gasteiger partial charge is 0.260 e. The number of aromatic nitrogens is 1. The lowest BCUT2D eigenvalue weighted by Crippen LogP contribution is -2.33. The Balaban J connectivity index is 2.02. The number of hydrogen-bond acceptors (Lipinski definition) is 5. The van der Waals surface area contributed by atoms with Crippen LogP contribution in [0.15, 0.2) is 36.4 Å². The van der Waals surface area contributed by atoms with Crippen LogP contribution in [0.2, 0.25) is 0 Å². The third kappa shape index (κ3) is 4.34. The molecular weight excluding hydrogens is 370 g/mol. The summed E-state index contributed by atoms with van der Waals surface area (Å²) in [7, 11) is 5.73. The van der Waals surface area contributed by atoms with E-state index in [1.165, 1.54) is 0 Å². The normalized spacial score (nSPS) is 11.2. The van der Waals surface area contributed by atoms with Crippen LogP contribution in [0.5, 0.6) is 5.75 Å². The first-order valence-electron chi connectivity index (χ1n) is 9.38. The van der Waals surface area contributed by atoms with Crippen molar-refractivity contribution in [2.24, 2.45) is 0 Å². The molecule has 6 heteroatoms. The van der Waals surface area contributed by atoms with Crippen molar-refractivity contribution in [1.29, 1.82) is 0 Å². The Morgan fingerprint density at radius 2 is 1.93 bits per heavy atom. The van der Waals surface area contributed by atoms with Gasteiger partial charge < -0.3 is 9.64 Å². The van der Waals surface area contributed by atoms with Crippen LogP contribution in [-0.2, 0) is 0 Å². The third-order valence-electron chi connectivity index (χ3n) is 4.64. The second-order valence-corrected chi connectivity index (χ2v) is 8.22. The van der Waals surface area contributed by atoms with Crippen molar-refractivity contribution in [3.05, 3.63) is 53.1 Å². The number of fused-ring (bicyclic) bond motifs is 1. The van der Waals surface area contributed by atoms with Crippen LogP contribution < -0.4 is 9.64 Å². The van der Waals surface area contributed by atoms with Crippen molar-refractivity contribution in [3.63, 3.8) is 0 Å². The second-order valence-electron chi connectivity index (χ2n) is 7.24. The number of benzene rings is 2. The van der Waals surface area contributed by atoms with E-state index in [4.69, 9.17) is 9.72 Å². The molecule has 5 nitrogen and oxygen atoms in total. The van der Waals surface area contributed by atoms with Crippen LogP contribution in [0, 0.1) is 13.8 Å². The molecule has 1 heterocycles. The maximum Gasteiger partial charge on any atom is 0.260 e. The first-order valence-corrected chi connectivity index (χ1v) is 10.2. The second kappa shape index (κ2) is 8.71. The summed E-state index contributed by atoms with van der Waals surface area (Å²) in [4.78, 5) is 22.1. The maximum atomic E-state index is 13.3. The van der Waals surface area contributed by atoms with E-state index in [9.17, 15) is 4.79 Å². The van der Waals surface area contributed by atoms with E-state index in [1.54, 1.807) is 18.4 Å². The van der Waals surface area contributed by atoms with E-state index in [0.717, 1.165) is 40.1 Å². The SMILES string of the molecule is COc1ccc(C)c2sc(N(CCCN(C)C)C(=O)c3cccc(C)c3)nc12. The van der Waals surface area contributed by atoms with Crippen LogP contribution in [0.3, 0.4) is 0 Å². The van der Waals surface area contributed by atoms with Crippen molar-refractivity contribution in [2.45, 2.75) is 20.3 Å². The quantitative estimate of drug-likeness (QED) is 0.588. The van der Waals surface area contributed by atoms with Gasteiger partial charge in [-0.15, -0.1) is 0 Å². The zero-order valence-corrected chi connectivity index (χ0v) is 18.0. The van der Waals surface area contributed by atoms with E-state index in [2.05, 4.69) is 11.8 Å². The van der Waals surface area contributed by atoms with E-state index in [0.29, 0.717) is 17.2 Å². The minimum atomic E-state index is -0.0156. The molecular formula is C22H27N3O2S. The van der Waals surface area contributed by atoms with Gasteiger partial charge in [0, 0.05) is 12.1 Å². The standard InChI is InChI=1S/C22H27N3O2S/c1-15-8-6-9-17(14-15)21(26)25(13-7-12-24(3)4)22-23-19-18(27-5)11-10-16(2)20(19)28-22/h6,8-11,14H,7,12-13H2,1-5H3. The molecule has 0 atom stereocenters. The van der Waals surface area contributed by atoms with E-state index < -0.39 is 0 Å². The minimum absolute atomic E-state index is 0.0156. The molecule has 0 unspecified atom stereocenters. The summed E-state index contributed by atoms with van der Waals surface area (Å²) in [5, 5.41) is 0.716. The summed E-state index contributed by atoms with van der Waals surface area (Å²) in [5.41, 5.74) is 3.71. The molecule has 28 heavy (non-hydrogen) atoms. The molecule has 0 aliphatic rings. The fourth-order valence-electron chi connectivity index (χ4n) is 3.14. The molecule has 2 aromatic carbocycles. The number of carbonyl (C=O) groups excluding carboxylic acids is 1. The van der Waals surface area contributed by atoms with Gasteiger partial charge in [0.1, 0.15) is 11.3 Å². The Hall–Kier alpha value is -2.44. The molecule has 0 saturated heterocycles. The fourth-order valence-corrected chi connectivity index (χ4v) is 4.22. The predicted molar refractivity (Wildman–Crippen MR) is 117 cm³/mol. The van der Waals surface area contributed by atoms with Gasteiger partial charge in [0.2, 0.25) is 0 Å². The van der Waals surface area contributed by atoms with Crippen molar-refractivity contribution in [3.8, 4) is 5.75 Å². The number of anilines is 1. The van der Waals surface area contributed by atoms with Crippen molar-refractivity contribution >= 4 is 32.6 Å². The van der Waals surface area contributed by atoms with Gasteiger partial charge in [-0.25, -0.2) is 4.98 Å². The highest BCUT2D eigenvalue weighted by atomic mass is 32.1. The summed E-state index contributed by atoms with van der Waals surface area (Å²) in [6.45, 7) is 5.58. The van der Waals surface area contributed by atoms with Crippen LogP contribution in [-0.4, -0.2) is 50.1 Å². The molecule has 148 valence electrons. The highest BCUT2D eigenvalue weighted by Crippen LogP contribution is 2.36. The van der Waals surface area contributed by atoms with Crippen molar-refractivity contribution in [1.82, 2.24) is 9.88 Å². The summed E-state index contributed by atoms with van der Waals surface area (Å²) >= 11 is 1.55. The lowest BCUT2D eigenvalue weighted by molar-refractivity contribution is 0.0986. The van der Waals surface area contributed by atoms with Gasteiger partial charge in [0.25, 0.3) is 5.91 Å². The van der Waals surface area contributed by atoms with Gasteiger partial charge in [-0.2, -0.15) is 0 Å². The average Bonchev–Trinajstić information content (AvgIpc) is 3.11. The molecule has 0 saturated carbocycles. The number of ether oxygens (including phenoxy) is 1. The molecule has 0 radical (unpaired) electrons. The Bertz CT molecular complexity index is 981. The summed E-state index contributed by atoms with van der Waals surface area (Å²) in [6, 6.07) is 11.7. The summed E-state index contributed by atoms with van der Waals surface area (Å²) in [6.07, 6.45) is 0.872. The summed E-state index contributed by atoms with van der Waals surface area (Å²) < 4.78 is 6.54. The van der Waals surface area contributed by atoms with Gasteiger partial charge in [-0.05, 0) is 64.7 Å². The number of amides is 1. The Kier molecular flexibility index (Phi) is 6.31. The number of thiazole rings is 1. The zero-order chi connectivity index (χ0) is 20.3. The average molecular weight is 398 g/mol. The number of methoxy groups -OCH3 is 1. The maximum absolute atomic E-state index is 13.3. The highest BCUT2D eigenvalue weighted by Gasteiger charge is 2.22. The van der Waals surface area contributed by atoms with Gasteiger partial charge >= 0.3 is 0 Å². The first-order chi connectivity index (χ1) is 13.4. The molecule has 0 aliphatic heterocycles. The van der Waals surface area contributed by atoms with Crippen molar-refractivity contribution < 1.29 is 9.53 Å². The molecule has 1 aromatic heterocycles. The van der Waals surface area contributed by atoms with Crippen LogP contribution in [0.1, 0.15) is 27.9 Å². The molecule has 1 amide bonds. The molecule has 3 aromatic rings. The number of aryl methyl sites for hydroxylation is 2. The summed E-state index contributed by atoms with van der Waals surface area (Å²) in [5.74, 6) is 0.720. The van der Waals surface area contributed by atoms with Crippen molar-refractivity contribution in [2.75, 3.05) is 39.2 Å².